The molecule has 1 aliphatic rings. The molecule has 0 saturated carbocycles. The van der Waals surface area contributed by atoms with Crippen LogP contribution in [0.3, 0.4) is 0 Å². The number of carbonyl (C=O) groups excluding carboxylic acids is 1. The van der Waals surface area contributed by atoms with Crippen molar-refractivity contribution in [2.75, 3.05) is 20.1 Å². The predicted molar refractivity (Wildman–Crippen MR) is 78.0 cm³/mol. The Bertz CT molecular complexity index is 367. The number of likely N-dealkylation sites (N-methyl/N-ethyl adjacent to an activating group) is 1. The number of piperidine rings is 1. The van der Waals surface area contributed by atoms with E-state index in [1.54, 1.807) is 12.4 Å². The van der Waals surface area contributed by atoms with E-state index in [1.165, 1.54) is 0 Å². The van der Waals surface area contributed by atoms with Gasteiger partial charge in [-0.1, -0.05) is 19.9 Å². The van der Waals surface area contributed by atoms with Crippen LogP contribution in [0, 0.1) is 0 Å². The second kappa shape index (κ2) is 8.64. The average Bonchev–Trinajstić information content (AvgIpc) is 2.42. The standard InChI is InChI=1S/C13H19N3O.C2H6/c1-16-7-3-5-12(10-16)15-13(17)8-11-4-2-6-14-9-11;1-2/h2,4,6,9,12H,3,5,7-8,10H2,1H3,(H,15,17);1-2H3/t12-;/m1./s1. The number of likely N-dealkylation sites (tertiary alicyclic amines) is 1. The molecule has 1 atom stereocenters. The van der Waals surface area contributed by atoms with E-state index in [0.29, 0.717) is 12.5 Å². The molecule has 1 saturated heterocycles. The molecule has 0 aromatic carbocycles. The maximum absolute atomic E-state index is 11.8. The summed E-state index contributed by atoms with van der Waals surface area (Å²) in [6, 6.07) is 4.09. The molecule has 1 amide bonds. The highest BCUT2D eigenvalue weighted by Crippen LogP contribution is 2.08. The monoisotopic (exact) mass is 263 g/mol. The lowest BCUT2D eigenvalue weighted by Crippen LogP contribution is -2.46. The van der Waals surface area contributed by atoms with Crippen LogP contribution in [0.4, 0.5) is 0 Å². The molecule has 1 fully saturated rings. The summed E-state index contributed by atoms with van der Waals surface area (Å²) >= 11 is 0. The second-order valence-corrected chi connectivity index (χ2v) is 4.71. The Morgan fingerprint density at radius 1 is 1.53 bits per heavy atom. The summed E-state index contributed by atoms with van der Waals surface area (Å²) in [4.78, 5) is 18.1. The first-order valence-electron chi connectivity index (χ1n) is 7.11. The Morgan fingerprint density at radius 2 is 2.32 bits per heavy atom. The molecule has 0 aliphatic carbocycles. The third-order valence-corrected chi connectivity index (χ3v) is 3.08. The van der Waals surface area contributed by atoms with Crippen LogP contribution in [0.1, 0.15) is 32.3 Å². The van der Waals surface area contributed by atoms with Crippen molar-refractivity contribution in [1.29, 1.82) is 0 Å². The molecular weight excluding hydrogens is 238 g/mol. The normalized spacial score (nSPS) is 19.2. The second-order valence-electron chi connectivity index (χ2n) is 4.71. The van der Waals surface area contributed by atoms with Gasteiger partial charge in [-0.05, 0) is 38.1 Å². The van der Waals surface area contributed by atoms with Crippen LogP contribution >= 0.6 is 0 Å². The summed E-state index contributed by atoms with van der Waals surface area (Å²) in [7, 11) is 2.10. The van der Waals surface area contributed by atoms with E-state index in [4.69, 9.17) is 0 Å². The van der Waals surface area contributed by atoms with Gasteiger partial charge < -0.3 is 10.2 Å². The number of hydrogen-bond donors (Lipinski definition) is 1. The minimum Gasteiger partial charge on any atom is -0.352 e. The number of carbonyl (C=O) groups is 1. The van der Waals surface area contributed by atoms with Crippen molar-refractivity contribution in [2.45, 2.75) is 39.2 Å². The average molecular weight is 263 g/mol. The fourth-order valence-electron chi connectivity index (χ4n) is 2.25. The lowest BCUT2D eigenvalue weighted by Gasteiger charge is -2.30. The third kappa shape index (κ3) is 5.83. The zero-order valence-corrected chi connectivity index (χ0v) is 12.2. The van der Waals surface area contributed by atoms with Gasteiger partial charge in [-0.3, -0.25) is 9.78 Å². The summed E-state index contributed by atoms with van der Waals surface area (Å²) < 4.78 is 0. The molecule has 4 heteroatoms. The molecule has 1 aromatic rings. The Labute approximate surface area is 116 Å². The fourth-order valence-corrected chi connectivity index (χ4v) is 2.25. The summed E-state index contributed by atoms with van der Waals surface area (Å²) in [5, 5.41) is 3.09. The number of amides is 1. The Balaban J connectivity index is 0.000000861. The first kappa shape index (κ1) is 15.6. The summed E-state index contributed by atoms with van der Waals surface area (Å²) in [6.07, 6.45) is 6.13. The van der Waals surface area contributed by atoms with Crippen molar-refractivity contribution in [3.05, 3.63) is 30.1 Å². The van der Waals surface area contributed by atoms with E-state index in [-0.39, 0.29) is 5.91 Å². The zero-order chi connectivity index (χ0) is 14.1. The lowest BCUT2D eigenvalue weighted by molar-refractivity contribution is -0.121. The maximum atomic E-state index is 11.8. The molecular formula is C15H25N3O. The van der Waals surface area contributed by atoms with Crippen LogP contribution in [-0.2, 0) is 11.2 Å². The topological polar surface area (TPSA) is 45.2 Å². The minimum atomic E-state index is 0.0956. The summed E-state index contributed by atoms with van der Waals surface area (Å²) in [5.74, 6) is 0.0956. The Hall–Kier alpha value is -1.42. The van der Waals surface area contributed by atoms with E-state index in [1.807, 2.05) is 26.0 Å². The van der Waals surface area contributed by atoms with Gasteiger partial charge in [0.1, 0.15) is 0 Å². The van der Waals surface area contributed by atoms with Crippen molar-refractivity contribution >= 4 is 5.91 Å². The van der Waals surface area contributed by atoms with Crippen molar-refractivity contribution in [2.24, 2.45) is 0 Å². The minimum absolute atomic E-state index is 0.0956. The van der Waals surface area contributed by atoms with E-state index < -0.39 is 0 Å². The number of nitrogens with one attached hydrogen (secondary N) is 1. The fraction of sp³-hybridized carbons (Fsp3) is 0.600. The van der Waals surface area contributed by atoms with E-state index in [9.17, 15) is 4.79 Å². The maximum Gasteiger partial charge on any atom is 0.224 e. The van der Waals surface area contributed by atoms with Crippen molar-refractivity contribution < 1.29 is 4.79 Å². The molecule has 1 N–H and O–H groups in total. The molecule has 4 nitrogen and oxygen atoms in total. The van der Waals surface area contributed by atoms with Gasteiger partial charge in [-0.2, -0.15) is 0 Å². The Morgan fingerprint density at radius 3 is 2.95 bits per heavy atom. The van der Waals surface area contributed by atoms with Gasteiger partial charge in [0.15, 0.2) is 0 Å². The number of nitrogens with zero attached hydrogens (tertiary/aromatic N) is 2. The molecule has 0 unspecified atom stereocenters. The predicted octanol–water partition coefficient (Wildman–Crippen LogP) is 1.86. The summed E-state index contributed by atoms with van der Waals surface area (Å²) in [6.45, 7) is 6.09. The number of aromatic nitrogens is 1. The van der Waals surface area contributed by atoms with Crippen molar-refractivity contribution in [3.63, 3.8) is 0 Å². The zero-order valence-electron chi connectivity index (χ0n) is 12.2. The largest absolute Gasteiger partial charge is 0.352 e. The van der Waals surface area contributed by atoms with Crippen LogP contribution in [0.2, 0.25) is 0 Å². The van der Waals surface area contributed by atoms with Gasteiger partial charge in [-0.15, -0.1) is 0 Å². The van der Waals surface area contributed by atoms with Gasteiger partial charge >= 0.3 is 0 Å². The van der Waals surface area contributed by atoms with Crippen LogP contribution < -0.4 is 5.32 Å². The first-order chi connectivity index (χ1) is 9.24. The van der Waals surface area contributed by atoms with Gasteiger partial charge in [0.2, 0.25) is 5.91 Å². The molecule has 0 radical (unpaired) electrons. The highest BCUT2D eigenvalue weighted by Gasteiger charge is 2.18. The molecule has 0 spiro atoms. The number of hydrogen-bond acceptors (Lipinski definition) is 3. The van der Waals surface area contributed by atoms with E-state index in [0.717, 1.165) is 31.5 Å². The first-order valence-corrected chi connectivity index (χ1v) is 7.11. The lowest BCUT2D eigenvalue weighted by atomic mass is 10.1. The highest BCUT2D eigenvalue weighted by molar-refractivity contribution is 5.78. The van der Waals surface area contributed by atoms with Gasteiger partial charge in [0.05, 0.1) is 6.42 Å². The molecule has 2 heterocycles. The molecule has 1 aromatic heterocycles. The quantitative estimate of drug-likeness (QED) is 0.905. The molecule has 0 bridgehead atoms. The number of pyridine rings is 1. The molecule has 2 rings (SSSR count). The van der Waals surface area contributed by atoms with Crippen molar-refractivity contribution in [1.82, 2.24) is 15.2 Å². The van der Waals surface area contributed by atoms with Gasteiger partial charge in [0.25, 0.3) is 0 Å². The van der Waals surface area contributed by atoms with Crippen LogP contribution in [-0.4, -0.2) is 42.0 Å². The smallest absolute Gasteiger partial charge is 0.224 e. The highest BCUT2D eigenvalue weighted by atomic mass is 16.1. The van der Waals surface area contributed by atoms with Crippen molar-refractivity contribution in [3.8, 4) is 0 Å². The number of rotatable bonds is 3. The van der Waals surface area contributed by atoms with Crippen LogP contribution in [0.5, 0.6) is 0 Å². The van der Waals surface area contributed by atoms with E-state index in [2.05, 4.69) is 22.2 Å². The Kier molecular flexibility index (Phi) is 7.11. The summed E-state index contributed by atoms with van der Waals surface area (Å²) in [5.41, 5.74) is 0.967. The molecule has 106 valence electrons. The van der Waals surface area contributed by atoms with Crippen LogP contribution in [0.25, 0.3) is 0 Å². The molecule has 19 heavy (non-hydrogen) atoms. The van der Waals surface area contributed by atoms with Crippen LogP contribution in [0.15, 0.2) is 24.5 Å². The van der Waals surface area contributed by atoms with Gasteiger partial charge in [0, 0.05) is 25.0 Å². The SMILES string of the molecule is CC.CN1CCC[C@@H](NC(=O)Cc2cccnc2)C1. The third-order valence-electron chi connectivity index (χ3n) is 3.08. The van der Waals surface area contributed by atoms with E-state index >= 15 is 0 Å². The molecule has 1 aliphatic heterocycles. The van der Waals surface area contributed by atoms with Gasteiger partial charge in [-0.25, -0.2) is 0 Å².